The number of rotatable bonds is 5. The Kier molecular flexibility index (Phi) is 4.76. The Morgan fingerprint density at radius 2 is 1.44 bits per heavy atom. The lowest BCUT2D eigenvalue weighted by Gasteiger charge is -2.08. The van der Waals surface area contributed by atoms with Gasteiger partial charge in [0.15, 0.2) is 17.0 Å². The van der Waals surface area contributed by atoms with E-state index >= 15 is 0 Å². The first-order valence-electron chi connectivity index (χ1n) is 9.70. The molecule has 5 rings (SSSR count). The van der Waals surface area contributed by atoms with Crippen molar-refractivity contribution in [2.75, 3.05) is 6.61 Å². The number of hydrogen-bond acceptors (Lipinski definition) is 10. The van der Waals surface area contributed by atoms with Gasteiger partial charge in [-0.2, -0.15) is 10.2 Å². The monoisotopic (exact) mass is 426 g/mol. The zero-order valence-electron chi connectivity index (χ0n) is 16.7. The zero-order chi connectivity index (χ0) is 22.1. The molecule has 5 aromatic rings. The van der Waals surface area contributed by atoms with E-state index in [0.717, 1.165) is 0 Å². The van der Waals surface area contributed by atoms with Gasteiger partial charge >= 0.3 is 5.97 Å². The van der Waals surface area contributed by atoms with Crippen LogP contribution in [0.4, 0.5) is 0 Å². The summed E-state index contributed by atoms with van der Waals surface area (Å²) in [6.07, 6.45) is 0. The van der Waals surface area contributed by atoms with Crippen molar-refractivity contribution in [3.8, 4) is 29.5 Å². The van der Waals surface area contributed by atoms with E-state index in [1.54, 1.807) is 31.2 Å². The molecule has 0 bridgehead atoms. The molecular weight excluding hydrogens is 412 g/mol. The van der Waals surface area contributed by atoms with Crippen LogP contribution >= 0.6 is 0 Å². The average molecular weight is 426 g/mol. The summed E-state index contributed by atoms with van der Waals surface area (Å²) >= 11 is 0. The average Bonchev–Trinajstić information content (AvgIpc) is 3.44. The van der Waals surface area contributed by atoms with Gasteiger partial charge in [-0.25, -0.2) is 19.9 Å². The Hall–Kier alpha value is -4.65. The van der Waals surface area contributed by atoms with E-state index in [2.05, 4.69) is 24.9 Å². The van der Waals surface area contributed by atoms with Gasteiger partial charge in [-0.05, 0) is 31.2 Å². The van der Waals surface area contributed by atoms with Crippen molar-refractivity contribution < 1.29 is 18.4 Å². The summed E-state index contributed by atoms with van der Waals surface area (Å²) in [5.41, 5.74) is 2.29. The number of nitrogens with zero attached hydrogens (tertiary/aromatic N) is 6. The Morgan fingerprint density at radius 3 is 1.91 bits per heavy atom. The summed E-state index contributed by atoms with van der Waals surface area (Å²) in [5, 5.41) is 9.60. The van der Waals surface area contributed by atoms with E-state index < -0.39 is 11.9 Å². The maximum atomic E-state index is 12.3. The lowest BCUT2D eigenvalue weighted by atomic mass is 10.1. The molecular formula is C22H14N6O4. The molecule has 0 aliphatic rings. The molecule has 0 aliphatic carbocycles. The fourth-order valence-electron chi connectivity index (χ4n) is 3.09. The second-order valence-corrected chi connectivity index (χ2v) is 6.63. The molecule has 10 nitrogen and oxygen atoms in total. The van der Waals surface area contributed by atoms with Crippen LogP contribution in [0.3, 0.4) is 0 Å². The highest BCUT2D eigenvalue weighted by Gasteiger charge is 2.28. The molecule has 0 N–H and O–H groups in total. The van der Waals surface area contributed by atoms with Crippen molar-refractivity contribution in [2.24, 2.45) is 0 Å². The van der Waals surface area contributed by atoms with Gasteiger partial charge in [-0.1, -0.05) is 24.3 Å². The predicted molar refractivity (Wildman–Crippen MR) is 111 cm³/mol. The van der Waals surface area contributed by atoms with Crippen molar-refractivity contribution in [3.05, 3.63) is 54.4 Å². The third-order valence-corrected chi connectivity index (χ3v) is 4.53. The fourth-order valence-corrected chi connectivity index (χ4v) is 3.09. The highest BCUT2D eigenvalue weighted by Crippen LogP contribution is 2.27. The molecule has 3 aromatic heterocycles. The van der Waals surface area contributed by atoms with Crippen molar-refractivity contribution in [1.82, 2.24) is 24.9 Å². The summed E-state index contributed by atoms with van der Waals surface area (Å²) in [6.45, 7) is 1.76. The Morgan fingerprint density at radius 1 is 0.906 bits per heavy atom. The molecule has 1 unspecified atom stereocenters. The molecule has 0 fully saturated rings. The highest BCUT2D eigenvalue weighted by molar-refractivity contribution is 5.81. The number of benzene rings is 2. The molecule has 32 heavy (non-hydrogen) atoms. The number of carbonyl (C=O) groups excluding carboxylic acids is 1. The van der Waals surface area contributed by atoms with Gasteiger partial charge in [0.25, 0.3) is 11.8 Å². The highest BCUT2D eigenvalue weighted by atomic mass is 16.5. The minimum absolute atomic E-state index is 0.0352. The van der Waals surface area contributed by atoms with Crippen LogP contribution in [0.25, 0.3) is 45.6 Å². The normalized spacial score (nSPS) is 12.0. The number of nitriles is 1. The summed E-state index contributed by atoms with van der Waals surface area (Å²) < 4.78 is 16.5. The number of esters is 1. The van der Waals surface area contributed by atoms with Crippen molar-refractivity contribution in [3.63, 3.8) is 0 Å². The number of oxazole rings is 2. The Bertz CT molecular complexity index is 1340. The molecule has 10 heteroatoms. The van der Waals surface area contributed by atoms with Gasteiger partial charge in [0.1, 0.15) is 11.0 Å². The SMILES string of the molecule is CCOC(=O)C(C#N)c1nc(-c2nc3ccccc3o2)nc(-c2nc3ccccc3o2)n1. The molecule has 3 heterocycles. The molecule has 0 radical (unpaired) electrons. The van der Waals surface area contributed by atoms with Crippen LogP contribution in [0.5, 0.6) is 0 Å². The van der Waals surface area contributed by atoms with Crippen LogP contribution in [0, 0.1) is 11.3 Å². The third-order valence-electron chi connectivity index (χ3n) is 4.53. The Balaban J connectivity index is 1.69. The first kappa shape index (κ1) is 19.3. The van der Waals surface area contributed by atoms with Gasteiger partial charge in [0.05, 0.1) is 12.7 Å². The van der Waals surface area contributed by atoms with Gasteiger partial charge in [-0.15, -0.1) is 0 Å². The van der Waals surface area contributed by atoms with E-state index in [-0.39, 0.29) is 35.9 Å². The number of hydrogen-bond donors (Lipinski definition) is 0. The Labute approximate surface area is 180 Å². The van der Waals surface area contributed by atoms with Gasteiger partial charge in [0.2, 0.25) is 17.6 Å². The zero-order valence-corrected chi connectivity index (χ0v) is 16.7. The van der Waals surface area contributed by atoms with Crippen molar-refractivity contribution >= 4 is 28.2 Å². The van der Waals surface area contributed by atoms with Crippen LogP contribution in [0.15, 0.2) is 57.4 Å². The third kappa shape index (κ3) is 3.41. The number of ether oxygens (including phenoxy) is 1. The van der Waals surface area contributed by atoms with Crippen LogP contribution in [0.2, 0.25) is 0 Å². The largest absolute Gasteiger partial charge is 0.465 e. The van der Waals surface area contributed by atoms with Gasteiger partial charge < -0.3 is 13.6 Å². The summed E-state index contributed by atoms with van der Waals surface area (Å²) in [7, 11) is 0. The number of fused-ring (bicyclic) bond motifs is 2. The molecule has 0 saturated heterocycles. The molecule has 0 aliphatic heterocycles. The molecule has 0 amide bonds. The van der Waals surface area contributed by atoms with Gasteiger partial charge in [-0.3, -0.25) is 4.79 Å². The van der Waals surface area contributed by atoms with Gasteiger partial charge in [0, 0.05) is 0 Å². The summed E-state index contributed by atoms with van der Waals surface area (Å²) in [5.74, 6) is -1.98. The smallest absolute Gasteiger partial charge is 0.331 e. The van der Waals surface area contributed by atoms with E-state index in [1.807, 2.05) is 30.3 Å². The second-order valence-electron chi connectivity index (χ2n) is 6.63. The molecule has 2 aromatic carbocycles. The minimum atomic E-state index is -1.37. The first-order chi connectivity index (χ1) is 15.7. The lowest BCUT2D eigenvalue weighted by molar-refractivity contribution is -0.143. The van der Waals surface area contributed by atoms with Crippen LogP contribution in [-0.2, 0) is 9.53 Å². The molecule has 0 saturated carbocycles. The molecule has 156 valence electrons. The second kappa shape index (κ2) is 7.88. The number of para-hydroxylation sites is 4. The van der Waals surface area contributed by atoms with E-state index in [4.69, 9.17) is 13.6 Å². The van der Waals surface area contributed by atoms with Crippen LogP contribution < -0.4 is 0 Å². The quantitative estimate of drug-likeness (QED) is 0.382. The van der Waals surface area contributed by atoms with E-state index in [9.17, 15) is 10.1 Å². The fraction of sp³-hybridized carbons (Fsp3) is 0.136. The van der Waals surface area contributed by atoms with Crippen LogP contribution in [-0.4, -0.2) is 37.5 Å². The predicted octanol–water partition coefficient (Wildman–Crippen LogP) is 3.66. The van der Waals surface area contributed by atoms with Crippen molar-refractivity contribution in [1.29, 1.82) is 5.26 Å². The maximum absolute atomic E-state index is 12.3. The van der Waals surface area contributed by atoms with E-state index in [1.165, 1.54) is 0 Å². The number of aromatic nitrogens is 5. The number of carbonyl (C=O) groups is 1. The topological polar surface area (TPSA) is 141 Å². The van der Waals surface area contributed by atoms with Crippen molar-refractivity contribution in [2.45, 2.75) is 12.8 Å². The first-order valence-corrected chi connectivity index (χ1v) is 9.70. The van der Waals surface area contributed by atoms with Crippen LogP contribution in [0.1, 0.15) is 18.7 Å². The maximum Gasteiger partial charge on any atom is 0.331 e. The molecule has 0 spiro atoms. The summed E-state index contributed by atoms with van der Waals surface area (Å²) in [4.78, 5) is 34.1. The molecule has 1 atom stereocenters. The standard InChI is InChI=1S/C22H14N6O4/c1-2-30-22(29)12(11-23)17-26-18(20-24-13-7-3-5-9-15(13)31-20)28-19(27-17)21-25-14-8-4-6-10-16(14)32-21/h3-10,12H,2H2,1H3. The minimum Gasteiger partial charge on any atom is -0.465 e. The van der Waals surface area contributed by atoms with E-state index in [0.29, 0.717) is 22.2 Å². The lowest BCUT2D eigenvalue weighted by Crippen LogP contribution is -2.18. The summed E-state index contributed by atoms with van der Waals surface area (Å²) in [6, 6.07) is 16.2.